The maximum Gasteiger partial charge on any atom is 0.308 e. The van der Waals surface area contributed by atoms with E-state index in [1.807, 2.05) is 0 Å². The molecule has 2 aliphatic rings. The lowest BCUT2D eigenvalue weighted by Crippen LogP contribution is -2.38. The van der Waals surface area contributed by atoms with Crippen molar-refractivity contribution in [1.82, 2.24) is 4.31 Å². The maximum absolute atomic E-state index is 13.4. The van der Waals surface area contributed by atoms with Crippen molar-refractivity contribution in [3.05, 3.63) is 65.7 Å². The largest absolute Gasteiger partial charge is 0.481 e. The van der Waals surface area contributed by atoms with Crippen molar-refractivity contribution in [3.8, 4) is 0 Å². The van der Waals surface area contributed by atoms with E-state index >= 15 is 0 Å². The zero-order valence-electron chi connectivity index (χ0n) is 14.5. The molecule has 1 N–H and O–H groups in total. The van der Waals surface area contributed by atoms with Gasteiger partial charge in [0.1, 0.15) is 0 Å². The summed E-state index contributed by atoms with van der Waals surface area (Å²) in [5, 5.41) is 9.41. The molecule has 2 bridgehead atoms. The van der Waals surface area contributed by atoms with E-state index < -0.39 is 28.0 Å². The number of hydrogen-bond acceptors (Lipinski definition) is 4. The highest BCUT2D eigenvalue weighted by molar-refractivity contribution is 7.89. The fraction of sp³-hybridized carbons (Fsp3) is 0.300. The Hall–Kier alpha value is -2.51. The third kappa shape index (κ3) is 2.87. The average molecular weight is 385 g/mol. The molecule has 0 aromatic heterocycles. The molecular formula is C20H19NO5S. The van der Waals surface area contributed by atoms with Gasteiger partial charge >= 0.3 is 5.97 Å². The van der Waals surface area contributed by atoms with Gasteiger partial charge in [0, 0.05) is 23.2 Å². The van der Waals surface area contributed by atoms with E-state index in [2.05, 4.69) is 0 Å². The van der Waals surface area contributed by atoms with Crippen LogP contribution in [-0.2, 0) is 14.8 Å². The number of sulfonamides is 1. The summed E-state index contributed by atoms with van der Waals surface area (Å²) in [5.74, 6) is -2.01. The van der Waals surface area contributed by atoms with Crippen LogP contribution in [0.1, 0.15) is 35.2 Å². The second kappa shape index (κ2) is 6.58. The molecule has 2 heterocycles. The molecule has 3 atom stereocenters. The Morgan fingerprint density at radius 1 is 0.963 bits per heavy atom. The number of carboxylic acid groups (broad SMARTS) is 1. The summed E-state index contributed by atoms with van der Waals surface area (Å²) in [6, 6.07) is 13.8. The smallest absolute Gasteiger partial charge is 0.308 e. The molecule has 2 aliphatic heterocycles. The lowest BCUT2D eigenvalue weighted by atomic mass is 9.89. The summed E-state index contributed by atoms with van der Waals surface area (Å²) in [4.78, 5) is 24.3. The molecule has 7 heteroatoms. The molecule has 2 saturated heterocycles. The molecule has 3 unspecified atom stereocenters. The van der Waals surface area contributed by atoms with Gasteiger partial charge in [-0.05, 0) is 31.4 Å². The molecule has 0 radical (unpaired) electrons. The van der Waals surface area contributed by atoms with Gasteiger partial charge in [0.25, 0.3) is 0 Å². The maximum atomic E-state index is 13.4. The van der Waals surface area contributed by atoms with E-state index in [-0.39, 0.29) is 22.3 Å². The van der Waals surface area contributed by atoms with Crippen molar-refractivity contribution in [3.63, 3.8) is 0 Å². The van der Waals surface area contributed by atoms with Crippen molar-refractivity contribution >= 4 is 21.8 Å². The molecule has 2 fully saturated rings. The van der Waals surface area contributed by atoms with Crippen LogP contribution in [0.15, 0.2) is 59.5 Å². The monoisotopic (exact) mass is 385 g/mol. The molecular weight excluding hydrogens is 366 g/mol. The number of benzene rings is 2. The minimum absolute atomic E-state index is 0.0539. The van der Waals surface area contributed by atoms with Gasteiger partial charge in [0.05, 0.1) is 10.8 Å². The van der Waals surface area contributed by atoms with Crippen molar-refractivity contribution in [2.24, 2.45) is 5.92 Å². The van der Waals surface area contributed by atoms with Crippen LogP contribution in [-0.4, -0.2) is 41.7 Å². The van der Waals surface area contributed by atoms with Crippen LogP contribution in [0.3, 0.4) is 0 Å². The van der Waals surface area contributed by atoms with Gasteiger partial charge in [-0.2, -0.15) is 4.31 Å². The van der Waals surface area contributed by atoms with Crippen LogP contribution >= 0.6 is 0 Å². The average Bonchev–Trinajstić information content (AvgIpc) is 3.27. The van der Waals surface area contributed by atoms with Crippen LogP contribution in [0.25, 0.3) is 0 Å². The zero-order chi connectivity index (χ0) is 19.2. The first-order valence-electron chi connectivity index (χ1n) is 8.86. The summed E-state index contributed by atoms with van der Waals surface area (Å²) in [5.41, 5.74) is 0.523. The Balaban J connectivity index is 1.76. The van der Waals surface area contributed by atoms with Gasteiger partial charge in [-0.3, -0.25) is 9.59 Å². The summed E-state index contributed by atoms with van der Waals surface area (Å²) in [6.45, 7) is 0. The van der Waals surface area contributed by atoms with Crippen LogP contribution in [0.4, 0.5) is 0 Å². The molecule has 27 heavy (non-hydrogen) atoms. The minimum atomic E-state index is -3.98. The third-order valence-corrected chi connectivity index (χ3v) is 7.55. The Morgan fingerprint density at radius 2 is 1.63 bits per heavy atom. The molecule has 4 rings (SSSR count). The number of aliphatic carboxylic acids is 1. The lowest BCUT2D eigenvalue weighted by molar-refractivity contribution is -0.142. The Kier molecular flexibility index (Phi) is 4.36. The molecule has 140 valence electrons. The quantitative estimate of drug-likeness (QED) is 0.799. The van der Waals surface area contributed by atoms with E-state index in [4.69, 9.17) is 0 Å². The predicted octanol–water partition coefficient (Wildman–Crippen LogP) is 2.54. The molecule has 2 aromatic carbocycles. The molecule has 2 aromatic rings. The number of rotatable bonds is 5. The van der Waals surface area contributed by atoms with E-state index in [0.717, 1.165) is 0 Å². The first-order chi connectivity index (χ1) is 12.9. The third-order valence-electron chi connectivity index (χ3n) is 5.51. The highest BCUT2D eigenvalue weighted by atomic mass is 32.2. The molecule has 0 amide bonds. The van der Waals surface area contributed by atoms with Crippen LogP contribution in [0.2, 0.25) is 0 Å². The van der Waals surface area contributed by atoms with Gasteiger partial charge in [0.15, 0.2) is 5.78 Å². The number of carboxylic acids is 1. The highest BCUT2D eigenvalue weighted by Gasteiger charge is 2.54. The molecule has 0 saturated carbocycles. The minimum Gasteiger partial charge on any atom is -0.481 e. The summed E-state index contributed by atoms with van der Waals surface area (Å²) in [6.07, 6.45) is 1.52. The van der Waals surface area contributed by atoms with Crippen molar-refractivity contribution in [2.45, 2.75) is 36.2 Å². The van der Waals surface area contributed by atoms with Crippen LogP contribution < -0.4 is 0 Å². The van der Waals surface area contributed by atoms with Crippen LogP contribution in [0.5, 0.6) is 0 Å². The number of ketones is 1. The van der Waals surface area contributed by atoms with Gasteiger partial charge in [-0.15, -0.1) is 0 Å². The molecule has 0 spiro atoms. The SMILES string of the molecule is O=C(c1ccccc1)c1ccccc1S(=O)(=O)N1C2CCC1C(C(=O)O)C2. The fourth-order valence-corrected chi connectivity index (χ4v) is 6.43. The van der Waals surface area contributed by atoms with E-state index in [0.29, 0.717) is 24.8 Å². The second-order valence-electron chi connectivity index (χ2n) is 7.01. The zero-order valence-corrected chi connectivity index (χ0v) is 15.3. The Morgan fingerprint density at radius 3 is 2.30 bits per heavy atom. The topological polar surface area (TPSA) is 91.8 Å². The highest BCUT2D eigenvalue weighted by Crippen LogP contribution is 2.45. The van der Waals surface area contributed by atoms with Gasteiger partial charge in [-0.25, -0.2) is 8.42 Å². The van der Waals surface area contributed by atoms with Crippen molar-refractivity contribution in [1.29, 1.82) is 0 Å². The summed E-state index contributed by atoms with van der Waals surface area (Å²) < 4.78 is 28.1. The number of hydrogen-bond donors (Lipinski definition) is 1. The van der Waals surface area contributed by atoms with Gasteiger partial charge in [0.2, 0.25) is 10.0 Å². The lowest BCUT2D eigenvalue weighted by Gasteiger charge is -2.23. The Labute approximate surface area is 157 Å². The molecule has 6 nitrogen and oxygen atoms in total. The first kappa shape index (κ1) is 17.9. The normalized spacial score (nSPS) is 24.8. The molecule has 0 aliphatic carbocycles. The summed E-state index contributed by atoms with van der Waals surface area (Å²) in [7, 11) is -3.98. The second-order valence-corrected chi connectivity index (χ2v) is 8.82. The number of fused-ring (bicyclic) bond motifs is 2. The fourth-order valence-electron chi connectivity index (χ4n) is 4.32. The number of nitrogens with zero attached hydrogens (tertiary/aromatic N) is 1. The number of carbonyl (C=O) groups excluding carboxylic acids is 1. The van der Waals surface area contributed by atoms with Crippen molar-refractivity contribution in [2.75, 3.05) is 0 Å². The first-order valence-corrected chi connectivity index (χ1v) is 10.3. The Bertz CT molecular complexity index is 1000. The van der Waals surface area contributed by atoms with Gasteiger partial charge < -0.3 is 5.11 Å². The summed E-state index contributed by atoms with van der Waals surface area (Å²) >= 11 is 0. The number of carbonyl (C=O) groups is 2. The van der Waals surface area contributed by atoms with E-state index in [1.165, 1.54) is 16.4 Å². The van der Waals surface area contributed by atoms with Gasteiger partial charge in [-0.1, -0.05) is 42.5 Å². The van der Waals surface area contributed by atoms with E-state index in [9.17, 15) is 23.1 Å². The van der Waals surface area contributed by atoms with Crippen molar-refractivity contribution < 1.29 is 23.1 Å². The predicted molar refractivity (Wildman–Crippen MR) is 97.9 cm³/mol. The standard InChI is InChI=1S/C20H19NO5S/c22-19(13-6-2-1-3-7-13)15-8-4-5-9-18(15)27(25,26)21-14-10-11-17(21)16(12-14)20(23)24/h1-9,14,16-17H,10-12H2,(H,23,24). The van der Waals surface area contributed by atoms with Crippen LogP contribution in [0, 0.1) is 5.92 Å². The van der Waals surface area contributed by atoms with E-state index in [1.54, 1.807) is 42.5 Å².